The highest BCUT2D eigenvalue weighted by Crippen LogP contribution is 2.21. The Morgan fingerprint density at radius 1 is 1.39 bits per heavy atom. The van der Waals surface area contributed by atoms with Crippen molar-refractivity contribution in [3.05, 3.63) is 55.4 Å². The Balaban J connectivity index is 2.79. The van der Waals surface area contributed by atoms with Crippen LogP contribution in [0.3, 0.4) is 0 Å². The number of aromatic hydroxyl groups is 1. The van der Waals surface area contributed by atoms with Crippen molar-refractivity contribution >= 4 is 11.6 Å². The van der Waals surface area contributed by atoms with Gasteiger partial charge in [-0.25, -0.2) is 13.8 Å². The molecule has 0 saturated carbocycles. The molecule has 0 atom stereocenters. The number of aromatic nitrogens is 2. The summed E-state index contributed by atoms with van der Waals surface area (Å²) < 4.78 is 13.9. The van der Waals surface area contributed by atoms with Crippen LogP contribution < -0.4 is 11.2 Å². The number of rotatable bonds is 1. The monoisotopic (exact) mass is 270 g/mol. The lowest BCUT2D eigenvalue weighted by Crippen LogP contribution is -2.30. The minimum absolute atomic E-state index is 0.0185. The van der Waals surface area contributed by atoms with Crippen LogP contribution in [0.2, 0.25) is 5.02 Å². The summed E-state index contributed by atoms with van der Waals surface area (Å²) in [5.41, 5.74) is -1.37. The number of nitrogens with zero attached hydrogens (tertiary/aromatic N) is 1. The number of halogens is 2. The molecule has 0 amide bonds. The first-order chi connectivity index (χ1) is 8.41. The van der Waals surface area contributed by atoms with Crippen molar-refractivity contribution in [3.63, 3.8) is 0 Å². The van der Waals surface area contributed by atoms with Gasteiger partial charge in [0.25, 0.3) is 5.56 Å². The normalized spacial score (nSPS) is 10.6. The quantitative estimate of drug-likeness (QED) is 0.821. The van der Waals surface area contributed by atoms with Crippen molar-refractivity contribution in [1.29, 1.82) is 0 Å². The fourth-order valence-electron chi connectivity index (χ4n) is 1.48. The first kappa shape index (κ1) is 12.4. The van der Waals surface area contributed by atoms with Gasteiger partial charge in [0.1, 0.15) is 5.82 Å². The van der Waals surface area contributed by atoms with Crippen LogP contribution in [0.5, 0.6) is 5.88 Å². The second-order valence-electron chi connectivity index (χ2n) is 3.64. The van der Waals surface area contributed by atoms with Gasteiger partial charge in [0.2, 0.25) is 5.88 Å². The predicted octanol–water partition coefficient (Wildman–Crippen LogP) is 1.33. The summed E-state index contributed by atoms with van der Waals surface area (Å²) in [4.78, 5) is 24.9. The van der Waals surface area contributed by atoms with E-state index in [1.165, 1.54) is 19.1 Å². The maximum Gasteiger partial charge on any atom is 0.335 e. The van der Waals surface area contributed by atoms with E-state index in [9.17, 15) is 19.1 Å². The van der Waals surface area contributed by atoms with Crippen LogP contribution in [0.1, 0.15) is 5.56 Å². The highest BCUT2D eigenvalue weighted by atomic mass is 35.5. The van der Waals surface area contributed by atoms with Gasteiger partial charge in [0.05, 0.1) is 16.3 Å². The van der Waals surface area contributed by atoms with E-state index in [0.717, 1.165) is 10.6 Å². The molecule has 2 N–H and O–H groups in total. The zero-order valence-electron chi connectivity index (χ0n) is 9.20. The summed E-state index contributed by atoms with van der Waals surface area (Å²) in [7, 11) is 0. The molecule has 7 heteroatoms. The molecule has 0 radical (unpaired) electrons. The zero-order valence-corrected chi connectivity index (χ0v) is 9.95. The third kappa shape index (κ3) is 1.91. The van der Waals surface area contributed by atoms with Crippen LogP contribution in [0.4, 0.5) is 4.39 Å². The van der Waals surface area contributed by atoms with Crippen molar-refractivity contribution in [2.75, 3.05) is 0 Å². The molecule has 0 aliphatic carbocycles. The van der Waals surface area contributed by atoms with Crippen LogP contribution in [0.25, 0.3) is 5.69 Å². The second-order valence-corrected chi connectivity index (χ2v) is 4.05. The van der Waals surface area contributed by atoms with Crippen molar-refractivity contribution < 1.29 is 9.50 Å². The van der Waals surface area contributed by atoms with E-state index in [1.807, 2.05) is 4.98 Å². The average Bonchev–Trinajstić information content (AvgIpc) is 2.31. The molecule has 0 fully saturated rings. The molecule has 1 aromatic heterocycles. The molecule has 2 aromatic rings. The van der Waals surface area contributed by atoms with Gasteiger partial charge in [-0.15, -0.1) is 0 Å². The minimum atomic E-state index is -0.828. The highest BCUT2D eigenvalue weighted by molar-refractivity contribution is 6.30. The van der Waals surface area contributed by atoms with E-state index < -0.39 is 22.9 Å². The number of H-pyrrole nitrogens is 1. The molecule has 0 unspecified atom stereocenters. The lowest BCUT2D eigenvalue weighted by Gasteiger charge is -2.09. The van der Waals surface area contributed by atoms with E-state index in [2.05, 4.69) is 0 Å². The van der Waals surface area contributed by atoms with Crippen LogP contribution in [-0.4, -0.2) is 14.7 Å². The number of aromatic amines is 1. The molecule has 0 spiro atoms. The molecular weight excluding hydrogens is 263 g/mol. The summed E-state index contributed by atoms with van der Waals surface area (Å²) in [6.07, 6.45) is 0. The molecule has 1 heterocycles. The number of benzene rings is 1. The molecule has 0 bridgehead atoms. The third-order valence-electron chi connectivity index (χ3n) is 2.47. The molecule has 1 aromatic carbocycles. The lowest BCUT2D eigenvalue weighted by atomic mass is 10.3. The van der Waals surface area contributed by atoms with Crippen molar-refractivity contribution in [2.45, 2.75) is 6.92 Å². The van der Waals surface area contributed by atoms with E-state index in [4.69, 9.17) is 11.6 Å². The van der Waals surface area contributed by atoms with Crippen LogP contribution in [0, 0.1) is 12.7 Å². The van der Waals surface area contributed by atoms with Crippen LogP contribution in [-0.2, 0) is 0 Å². The largest absolute Gasteiger partial charge is 0.494 e. The van der Waals surface area contributed by atoms with E-state index in [1.54, 1.807) is 0 Å². The van der Waals surface area contributed by atoms with Gasteiger partial charge >= 0.3 is 5.69 Å². The van der Waals surface area contributed by atoms with E-state index >= 15 is 0 Å². The number of hydrogen-bond donors (Lipinski definition) is 2. The zero-order chi connectivity index (χ0) is 13.4. The minimum Gasteiger partial charge on any atom is -0.494 e. The summed E-state index contributed by atoms with van der Waals surface area (Å²) in [5, 5.41) is 9.59. The fourth-order valence-corrected chi connectivity index (χ4v) is 1.65. The molecular formula is C11H8ClFN2O3. The highest BCUT2D eigenvalue weighted by Gasteiger charge is 2.13. The maximum absolute atomic E-state index is 13.0. The Bertz CT molecular complexity index is 736. The van der Waals surface area contributed by atoms with Gasteiger partial charge in [-0.1, -0.05) is 11.6 Å². The molecule has 18 heavy (non-hydrogen) atoms. The van der Waals surface area contributed by atoms with Gasteiger partial charge in [0, 0.05) is 0 Å². The summed E-state index contributed by atoms with van der Waals surface area (Å²) in [5.74, 6) is -1.15. The fraction of sp³-hybridized carbons (Fsp3) is 0.0909. The second kappa shape index (κ2) is 4.30. The number of nitrogens with one attached hydrogen (secondary N) is 1. The topological polar surface area (TPSA) is 75.1 Å². The molecule has 0 aliphatic heterocycles. The molecule has 0 saturated heterocycles. The Kier molecular flexibility index (Phi) is 2.96. The molecule has 2 rings (SSSR count). The lowest BCUT2D eigenvalue weighted by molar-refractivity contribution is 0.426. The SMILES string of the molecule is Cc1c(O)n(-c2ccc(F)c(Cl)c2)c(=O)[nH]c1=O. The Labute approximate surface area is 105 Å². The summed E-state index contributed by atoms with van der Waals surface area (Å²) >= 11 is 5.60. The smallest absolute Gasteiger partial charge is 0.335 e. The average molecular weight is 271 g/mol. The van der Waals surface area contributed by atoms with E-state index in [-0.39, 0.29) is 16.3 Å². The van der Waals surface area contributed by atoms with Crippen LogP contribution in [0.15, 0.2) is 27.8 Å². The van der Waals surface area contributed by atoms with Gasteiger partial charge in [0.15, 0.2) is 0 Å². The first-order valence-corrected chi connectivity index (χ1v) is 5.30. The van der Waals surface area contributed by atoms with Gasteiger partial charge in [-0.3, -0.25) is 9.78 Å². The van der Waals surface area contributed by atoms with Crippen molar-refractivity contribution in [3.8, 4) is 11.6 Å². The molecule has 0 aliphatic rings. The van der Waals surface area contributed by atoms with E-state index in [0.29, 0.717) is 0 Å². The Morgan fingerprint density at radius 2 is 2.06 bits per heavy atom. The number of hydrogen-bond acceptors (Lipinski definition) is 3. The molecule has 94 valence electrons. The Morgan fingerprint density at radius 3 is 2.67 bits per heavy atom. The Hall–Kier alpha value is -2.08. The standard InChI is InChI=1S/C11H8ClFN2O3/c1-5-9(16)14-11(18)15(10(5)17)6-2-3-8(13)7(12)4-6/h2-4,17H,1H3,(H,14,16,18). The summed E-state index contributed by atoms with van der Waals surface area (Å²) in [6.45, 7) is 1.36. The van der Waals surface area contributed by atoms with Gasteiger partial charge < -0.3 is 5.11 Å². The first-order valence-electron chi connectivity index (χ1n) is 4.92. The van der Waals surface area contributed by atoms with Gasteiger partial charge in [-0.05, 0) is 25.1 Å². The van der Waals surface area contributed by atoms with Crippen molar-refractivity contribution in [2.24, 2.45) is 0 Å². The maximum atomic E-state index is 13.0. The van der Waals surface area contributed by atoms with Crippen LogP contribution >= 0.6 is 11.6 Å². The predicted molar refractivity (Wildman–Crippen MR) is 64.0 cm³/mol. The third-order valence-corrected chi connectivity index (χ3v) is 2.76. The van der Waals surface area contributed by atoms with Crippen molar-refractivity contribution in [1.82, 2.24) is 9.55 Å². The molecule has 5 nitrogen and oxygen atoms in total. The van der Waals surface area contributed by atoms with Gasteiger partial charge in [-0.2, -0.15) is 0 Å². The summed E-state index contributed by atoms with van der Waals surface area (Å²) in [6, 6.07) is 3.50.